The Bertz CT molecular complexity index is 637. The number of nitrogens with zero attached hydrogens (tertiary/aromatic N) is 2. The number of nitrogens with one attached hydrogen (secondary N) is 2. The molecule has 0 unspecified atom stereocenters. The van der Waals surface area contributed by atoms with Crippen molar-refractivity contribution in [3.8, 4) is 5.75 Å². The summed E-state index contributed by atoms with van der Waals surface area (Å²) < 4.78 is 5.59. The maximum Gasteiger partial charge on any atom is 0.271 e. The Kier molecular flexibility index (Phi) is 5.51. The van der Waals surface area contributed by atoms with Gasteiger partial charge >= 0.3 is 0 Å². The third kappa shape index (κ3) is 5.25. The van der Waals surface area contributed by atoms with Crippen LogP contribution in [0.1, 0.15) is 38.2 Å². The molecule has 2 N–H and O–H groups in total. The van der Waals surface area contributed by atoms with Gasteiger partial charge in [-0.05, 0) is 64.1 Å². The first-order valence-corrected chi connectivity index (χ1v) is 7.62. The SMILES string of the molecule is CC(C)NC(=O)c1ccc(Nc2ccc(OC(C)C)cc2)nn1. The number of anilines is 2. The summed E-state index contributed by atoms with van der Waals surface area (Å²) in [6, 6.07) is 11.0. The van der Waals surface area contributed by atoms with Crippen LogP contribution in [0.2, 0.25) is 0 Å². The summed E-state index contributed by atoms with van der Waals surface area (Å²) in [6.45, 7) is 7.76. The average Bonchev–Trinajstić information content (AvgIpc) is 2.49. The predicted octanol–water partition coefficient (Wildman–Crippen LogP) is 3.15. The van der Waals surface area contributed by atoms with Crippen molar-refractivity contribution in [1.29, 1.82) is 0 Å². The van der Waals surface area contributed by atoms with Crippen LogP contribution in [0.25, 0.3) is 0 Å². The van der Waals surface area contributed by atoms with Crippen LogP contribution in [-0.4, -0.2) is 28.3 Å². The van der Waals surface area contributed by atoms with Crippen LogP contribution in [0.5, 0.6) is 5.75 Å². The molecule has 1 heterocycles. The zero-order chi connectivity index (χ0) is 16.8. The molecule has 0 bridgehead atoms. The third-order valence-corrected chi connectivity index (χ3v) is 2.82. The summed E-state index contributed by atoms with van der Waals surface area (Å²) in [4.78, 5) is 11.8. The first-order valence-electron chi connectivity index (χ1n) is 7.62. The lowest BCUT2D eigenvalue weighted by Gasteiger charge is -2.11. The van der Waals surface area contributed by atoms with Gasteiger partial charge in [-0.15, -0.1) is 10.2 Å². The highest BCUT2D eigenvalue weighted by Gasteiger charge is 2.09. The van der Waals surface area contributed by atoms with Crippen LogP contribution in [0.15, 0.2) is 36.4 Å². The van der Waals surface area contributed by atoms with Gasteiger partial charge in [-0.1, -0.05) is 0 Å². The maximum absolute atomic E-state index is 11.8. The number of carbonyl (C=O) groups is 1. The first-order chi connectivity index (χ1) is 10.9. The quantitative estimate of drug-likeness (QED) is 0.856. The summed E-state index contributed by atoms with van der Waals surface area (Å²) in [7, 11) is 0. The van der Waals surface area contributed by atoms with Crippen LogP contribution in [0, 0.1) is 0 Å². The number of amides is 1. The normalized spacial score (nSPS) is 10.7. The van der Waals surface area contributed by atoms with Crippen molar-refractivity contribution in [2.24, 2.45) is 0 Å². The van der Waals surface area contributed by atoms with E-state index in [1.54, 1.807) is 12.1 Å². The Morgan fingerprint density at radius 1 is 1.00 bits per heavy atom. The maximum atomic E-state index is 11.8. The van der Waals surface area contributed by atoms with E-state index in [0.29, 0.717) is 11.5 Å². The minimum Gasteiger partial charge on any atom is -0.491 e. The molecule has 0 saturated carbocycles. The largest absolute Gasteiger partial charge is 0.491 e. The number of ether oxygens (including phenoxy) is 1. The van der Waals surface area contributed by atoms with Crippen LogP contribution >= 0.6 is 0 Å². The zero-order valence-electron chi connectivity index (χ0n) is 13.8. The molecule has 2 rings (SSSR count). The van der Waals surface area contributed by atoms with E-state index in [-0.39, 0.29) is 18.1 Å². The number of rotatable bonds is 6. The molecule has 0 saturated heterocycles. The molecule has 0 radical (unpaired) electrons. The van der Waals surface area contributed by atoms with Gasteiger partial charge < -0.3 is 15.4 Å². The number of carbonyl (C=O) groups excluding carboxylic acids is 1. The Labute approximate surface area is 136 Å². The van der Waals surface area contributed by atoms with Gasteiger partial charge in [0.15, 0.2) is 11.5 Å². The van der Waals surface area contributed by atoms with Crippen molar-refractivity contribution in [3.63, 3.8) is 0 Å². The number of benzene rings is 1. The Morgan fingerprint density at radius 3 is 2.22 bits per heavy atom. The molecule has 0 aliphatic heterocycles. The summed E-state index contributed by atoms with van der Waals surface area (Å²) in [5.74, 6) is 1.16. The van der Waals surface area contributed by atoms with Crippen molar-refractivity contribution in [2.45, 2.75) is 39.8 Å². The topological polar surface area (TPSA) is 76.1 Å². The van der Waals surface area contributed by atoms with Gasteiger partial charge in [-0.3, -0.25) is 4.79 Å². The lowest BCUT2D eigenvalue weighted by atomic mass is 10.3. The summed E-state index contributed by atoms with van der Waals surface area (Å²) >= 11 is 0. The molecule has 1 aromatic carbocycles. The third-order valence-electron chi connectivity index (χ3n) is 2.82. The van der Waals surface area contributed by atoms with Crippen molar-refractivity contribution >= 4 is 17.4 Å². The van der Waals surface area contributed by atoms with Gasteiger partial charge in [0, 0.05) is 11.7 Å². The standard InChI is InChI=1S/C17H22N4O2/c1-11(2)18-17(22)15-9-10-16(21-20-15)19-13-5-7-14(8-6-13)23-12(3)4/h5-12H,1-4H3,(H,18,22)(H,19,21). The lowest BCUT2D eigenvalue weighted by molar-refractivity contribution is 0.0937. The van der Waals surface area contributed by atoms with Gasteiger partial charge in [0.25, 0.3) is 5.91 Å². The highest BCUT2D eigenvalue weighted by atomic mass is 16.5. The molecule has 23 heavy (non-hydrogen) atoms. The van der Waals surface area contributed by atoms with E-state index in [4.69, 9.17) is 4.74 Å². The van der Waals surface area contributed by atoms with Gasteiger partial charge in [0.1, 0.15) is 5.75 Å². The highest BCUT2D eigenvalue weighted by Crippen LogP contribution is 2.19. The molecule has 122 valence electrons. The molecule has 0 fully saturated rings. The molecular weight excluding hydrogens is 292 g/mol. The van der Waals surface area contributed by atoms with Crippen LogP contribution in [0.3, 0.4) is 0 Å². The van der Waals surface area contributed by atoms with Gasteiger partial charge in [-0.25, -0.2) is 0 Å². The molecule has 6 heteroatoms. The van der Waals surface area contributed by atoms with E-state index < -0.39 is 0 Å². The second-order valence-corrected chi connectivity index (χ2v) is 5.75. The molecular formula is C17H22N4O2. The number of hydrogen-bond donors (Lipinski definition) is 2. The van der Waals surface area contributed by atoms with E-state index in [2.05, 4.69) is 20.8 Å². The summed E-state index contributed by atoms with van der Waals surface area (Å²) in [5.41, 5.74) is 1.17. The van der Waals surface area contributed by atoms with E-state index in [0.717, 1.165) is 11.4 Å². The summed E-state index contributed by atoms with van der Waals surface area (Å²) in [5, 5.41) is 13.9. The van der Waals surface area contributed by atoms with Crippen molar-refractivity contribution in [2.75, 3.05) is 5.32 Å². The second kappa shape index (κ2) is 7.58. The van der Waals surface area contributed by atoms with Crippen molar-refractivity contribution in [3.05, 3.63) is 42.1 Å². The molecule has 0 atom stereocenters. The number of hydrogen-bond acceptors (Lipinski definition) is 5. The zero-order valence-corrected chi connectivity index (χ0v) is 13.8. The fourth-order valence-electron chi connectivity index (χ4n) is 1.89. The highest BCUT2D eigenvalue weighted by molar-refractivity contribution is 5.92. The molecule has 6 nitrogen and oxygen atoms in total. The van der Waals surface area contributed by atoms with Gasteiger partial charge in [-0.2, -0.15) is 0 Å². The smallest absolute Gasteiger partial charge is 0.271 e. The second-order valence-electron chi connectivity index (χ2n) is 5.75. The molecule has 1 amide bonds. The minimum atomic E-state index is -0.228. The molecule has 2 aromatic rings. The van der Waals surface area contributed by atoms with Crippen molar-refractivity contribution in [1.82, 2.24) is 15.5 Å². The van der Waals surface area contributed by atoms with E-state index in [9.17, 15) is 4.79 Å². The minimum absolute atomic E-state index is 0.0636. The lowest BCUT2D eigenvalue weighted by Crippen LogP contribution is -2.30. The summed E-state index contributed by atoms with van der Waals surface area (Å²) in [6.07, 6.45) is 0.143. The molecule has 0 aliphatic rings. The molecule has 0 aliphatic carbocycles. The van der Waals surface area contributed by atoms with Crippen LogP contribution < -0.4 is 15.4 Å². The van der Waals surface area contributed by atoms with Crippen LogP contribution in [-0.2, 0) is 0 Å². The molecule has 1 aromatic heterocycles. The van der Waals surface area contributed by atoms with E-state index >= 15 is 0 Å². The van der Waals surface area contributed by atoms with Gasteiger partial charge in [0.2, 0.25) is 0 Å². The van der Waals surface area contributed by atoms with Crippen LogP contribution in [0.4, 0.5) is 11.5 Å². The van der Waals surface area contributed by atoms with E-state index in [1.807, 2.05) is 52.0 Å². The Morgan fingerprint density at radius 2 is 1.70 bits per heavy atom. The Hall–Kier alpha value is -2.63. The fraction of sp³-hybridized carbons (Fsp3) is 0.353. The fourth-order valence-corrected chi connectivity index (χ4v) is 1.89. The first kappa shape index (κ1) is 16.7. The van der Waals surface area contributed by atoms with E-state index in [1.165, 1.54) is 0 Å². The predicted molar refractivity (Wildman–Crippen MR) is 90.1 cm³/mol. The van der Waals surface area contributed by atoms with Gasteiger partial charge in [0.05, 0.1) is 6.10 Å². The monoisotopic (exact) mass is 314 g/mol. The average molecular weight is 314 g/mol. The Balaban J connectivity index is 1.99. The number of aromatic nitrogens is 2. The molecule has 0 spiro atoms. The van der Waals surface area contributed by atoms with Crippen molar-refractivity contribution < 1.29 is 9.53 Å².